The molecule has 1 aromatic heterocycles. The number of fused-ring (bicyclic) bond motifs is 2. The highest BCUT2D eigenvalue weighted by Gasteiger charge is 2.14. The molecule has 0 aliphatic heterocycles. The second-order valence-corrected chi connectivity index (χ2v) is 7.72. The summed E-state index contributed by atoms with van der Waals surface area (Å²) in [6.07, 6.45) is 0. The molecule has 1 heterocycles. The van der Waals surface area contributed by atoms with Gasteiger partial charge in [0, 0.05) is 36.5 Å². The first-order chi connectivity index (χ1) is 15.0. The number of nitrogens with zero attached hydrogens (tertiary/aromatic N) is 3. The Morgan fingerprint density at radius 2 is 1.42 bits per heavy atom. The summed E-state index contributed by atoms with van der Waals surface area (Å²) in [6, 6.07) is 10.0. The fraction of sp³-hybridized carbons (Fsp3) is 0.480. The maximum atomic E-state index is 14.1. The molecule has 168 valence electrons. The lowest BCUT2D eigenvalue weighted by Gasteiger charge is -2.22. The molecule has 6 heteroatoms. The lowest BCUT2D eigenvalue weighted by molar-refractivity contribution is 0.223. The van der Waals surface area contributed by atoms with Crippen molar-refractivity contribution in [2.45, 2.75) is 34.2 Å². The molecule has 0 saturated heterocycles. The smallest absolute Gasteiger partial charge is 0.197 e. The van der Waals surface area contributed by atoms with Gasteiger partial charge in [-0.1, -0.05) is 27.7 Å². The summed E-state index contributed by atoms with van der Waals surface area (Å²) >= 11 is 0. The number of hydrogen-bond donors (Lipinski definition) is 0. The summed E-state index contributed by atoms with van der Waals surface area (Å²) in [5.41, 5.74) is 1.35. The minimum atomic E-state index is -0.338. The van der Waals surface area contributed by atoms with E-state index in [2.05, 4.69) is 42.1 Å². The number of benzene rings is 2. The van der Waals surface area contributed by atoms with Crippen LogP contribution >= 0.6 is 0 Å². The summed E-state index contributed by atoms with van der Waals surface area (Å²) < 4.78 is 22.2. The second kappa shape index (κ2) is 10.7. The van der Waals surface area contributed by atoms with E-state index < -0.39 is 0 Å². The summed E-state index contributed by atoms with van der Waals surface area (Å²) in [7, 11) is 0. The minimum Gasteiger partial charge on any atom is -0.492 e. The minimum absolute atomic E-state index is 0.0706. The Labute approximate surface area is 184 Å². The molecule has 2 aromatic carbocycles. The molecule has 0 fully saturated rings. The quantitative estimate of drug-likeness (QED) is 0.426. The van der Waals surface area contributed by atoms with Crippen molar-refractivity contribution in [2.75, 3.05) is 45.9 Å². The number of halogens is 1. The molecule has 3 aromatic rings. The third kappa shape index (κ3) is 5.25. The van der Waals surface area contributed by atoms with Crippen molar-refractivity contribution in [3.05, 3.63) is 52.4 Å². The molecule has 0 N–H and O–H groups in total. The topological polar surface area (TPSA) is 37.7 Å². The van der Waals surface area contributed by atoms with Crippen molar-refractivity contribution >= 4 is 21.8 Å². The molecule has 3 rings (SSSR count). The fourth-order valence-electron chi connectivity index (χ4n) is 4.07. The van der Waals surface area contributed by atoms with Crippen LogP contribution in [0.1, 0.15) is 27.7 Å². The summed E-state index contributed by atoms with van der Waals surface area (Å²) in [4.78, 5) is 17.7. The highest BCUT2D eigenvalue weighted by Crippen LogP contribution is 2.24. The first-order valence-corrected chi connectivity index (χ1v) is 11.4. The third-order valence-corrected chi connectivity index (χ3v) is 6.10. The van der Waals surface area contributed by atoms with Gasteiger partial charge in [0.05, 0.1) is 11.0 Å². The van der Waals surface area contributed by atoms with Crippen molar-refractivity contribution < 1.29 is 9.13 Å². The number of aromatic nitrogens is 1. The van der Waals surface area contributed by atoms with Gasteiger partial charge in [-0.15, -0.1) is 0 Å². The molecule has 0 amide bonds. The van der Waals surface area contributed by atoms with Gasteiger partial charge in [0.1, 0.15) is 18.2 Å². The number of ether oxygens (including phenoxy) is 1. The Morgan fingerprint density at radius 3 is 2.06 bits per heavy atom. The van der Waals surface area contributed by atoms with Gasteiger partial charge in [-0.05, 0) is 56.5 Å². The van der Waals surface area contributed by atoms with E-state index in [-0.39, 0.29) is 11.2 Å². The molecule has 0 radical (unpaired) electrons. The van der Waals surface area contributed by atoms with E-state index in [0.717, 1.165) is 50.5 Å². The fourth-order valence-corrected chi connectivity index (χ4v) is 4.07. The van der Waals surface area contributed by atoms with E-state index in [1.807, 2.05) is 18.2 Å². The van der Waals surface area contributed by atoms with E-state index in [9.17, 15) is 9.18 Å². The summed E-state index contributed by atoms with van der Waals surface area (Å²) in [5.74, 6) is 0.390. The first-order valence-electron chi connectivity index (χ1n) is 11.4. The van der Waals surface area contributed by atoms with Gasteiger partial charge in [0.2, 0.25) is 0 Å². The Balaban J connectivity index is 2.04. The highest BCUT2D eigenvalue weighted by molar-refractivity contribution is 5.94. The standard InChI is InChI=1S/C25H34FN3O2/c1-5-27(6-2)13-14-29-23-17-19(26)9-11-21(23)25(30)22-12-10-20(18-24(22)29)31-16-15-28(7-3)8-4/h9-12,17-18H,5-8,13-16H2,1-4H3. The monoisotopic (exact) mass is 427 g/mol. The molecular weight excluding hydrogens is 393 g/mol. The van der Waals surface area contributed by atoms with Gasteiger partial charge in [-0.2, -0.15) is 0 Å². The van der Waals surface area contributed by atoms with Crippen LogP contribution in [0.5, 0.6) is 5.75 Å². The van der Waals surface area contributed by atoms with Crippen LogP contribution in [0.15, 0.2) is 41.2 Å². The van der Waals surface area contributed by atoms with Crippen molar-refractivity contribution in [3.63, 3.8) is 0 Å². The van der Waals surface area contributed by atoms with E-state index >= 15 is 0 Å². The Morgan fingerprint density at radius 1 is 0.839 bits per heavy atom. The average molecular weight is 428 g/mol. The molecule has 0 spiro atoms. The van der Waals surface area contributed by atoms with Gasteiger partial charge in [-0.25, -0.2) is 4.39 Å². The van der Waals surface area contributed by atoms with Crippen LogP contribution < -0.4 is 10.2 Å². The van der Waals surface area contributed by atoms with Crippen molar-refractivity contribution in [1.29, 1.82) is 0 Å². The zero-order chi connectivity index (χ0) is 22.4. The lowest BCUT2D eigenvalue weighted by Crippen LogP contribution is -2.28. The van der Waals surface area contributed by atoms with Crippen molar-refractivity contribution in [2.24, 2.45) is 0 Å². The van der Waals surface area contributed by atoms with Crippen LogP contribution in [0.3, 0.4) is 0 Å². The molecule has 0 aliphatic rings. The summed E-state index contributed by atoms with van der Waals surface area (Å²) in [5, 5.41) is 1.18. The normalized spacial score (nSPS) is 11.8. The van der Waals surface area contributed by atoms with Gasteiger partial charge in [0.25, 0.3) is 0 Å². The zero-order valence-corrected chi connectivity index (χ0v) is 19.2. The van der Waals surface area contributed by atoms with Gasteiger partial charge >= 0.3 is 0 Å². The van der Waals surface area contributed by atoms with Crippen LogP contribution in [0, 0.1) is 5.82 Å². The van der Waals surface area contributed by atoms with E-state index in [4.69, 9.17) is 4.74 Å². The second-order valence-electron chi connectivity index (χ2n) is 7.72. The van der Waals surface area contributed by atoms with E-state index in [1.165, 1.54) is 12.1 Å². The molecule has 0 unspecified atom stereocenters. The zero-order valence-electron chi connectivity index (χ0n) is 19.2. The molecule has 0 saturated carbocycles. The molecule has 0 aliphatic carbocycles. The molecule has 31 heavy (non-hydrogen) atoms. The van der Waals surface area contributed by atoms with Crippen LogP contribution in [-0.2, 0) is 6.54 Å². The predicted molar refractivity (Wildman–Crippen MR) is 127 cm³/mol. The van der Waals surface area contributed by atoms with E-state index in [0.29, 0.717) is 29.4 Å². The van der Waals surface area contributed by atoms with Crippen molar-refractivity contribution in [1.82, 2.24) is 14.4 Å². The Hall–Kier alpha value is -2.44. The molecule has 0 atom stereocenters. The van der Waals surface area contributed by atoms with Crippen LogP contribution in [0.25, 0.3) is 21.8 Å². The summed E-state index contributed by atoms with van der Waals surface area (Å²) in [6.45, 7) is 15.3. The SMILES string of the molecule is CCN(CC)CCOc1ccc2c(=O)c3ccc(F)cc3n(CCN(CC)CC)c2c1. The molecule has 0 bridgehead atoms. The van der Waals surface area contributed by atoms with Crippen molar-refractivity contribution in [3.8, 4) is 5.75 Å². The number of likely N-dealkylation sites (N-methyl/N-ethyl adjacent to an activating group) is 2. The lowest BCUT2D eigenvalue weighted by atomic mass is 10.1. The first kappa shape index (κ1) is 23.2. The van der Waals surface area contributed by atoms with Gasteiger partial charge in [0.15, 0.2) is 5.43 Å². The average Bonchev–Trinajstić information content (AvgIpc) is 2.79. The largest absolute Gasteiger partial charge is 0.492 e. The Kier molecular flexibility index (Phi) is 8.04. The van der Waals surface area contributed by atoms with E-state index in [1.54, 1.807) is 6.07 Å². The van der Waals surface area contributed by atoms with Gasteiger partial charge < -0.3 is 19.1 Å². The predicted octanol–water partition coefficient (Wildman–Crippen LogP) is 4.36. The maximum Gasteiger partial charge on any atom is 0.197 e. The molecule has 5 nitrogen and oxygen atoms in total. The van der Waals surface area contributed by atoms with Gasteiger partial charge in [-0.3, -0.25) is 4.79 Å². The highest BCUT2D eigenvalue weighted by atomic mass is 19.1. The van der Waals surface area contributed by atoms with Crippen LogP contribution in [-0.4, -0.2) is 60.2 Å². The number of pyridine rings is 1. The number of hydrogen-bond acceptors (Lipinski definition) is 4. The Bertz CT molecular complexity index is 1070. The van der Waals surface area contributed by atoms with Crippen LogP contribution in [0.2, 0.25) is 0 Å². The number of rotatable bonds is 11. The molecular formula is C25H34FN3O2. The van der Waals surface area contributed by atoms with Crippen LogP contribution in [0.4, 0.5) is 4.39 Å². The third-order valence-electron chi connectivity index (χ3n) is 6.10. The maximum absolute atomic E-state index is 14.1.